The second-order valence-corrected chi connectivity index (χ2v) is 20.1. The lowest BCUT2D eigenvalue weighted by atomic mass is 10.00. The van der Waals surface area contributed by atoms with E-state index in [1.54, 1.807) is 66.9 Å². The van der Waals surface area contributed by atoms with Gasteiger partial charge in [-0.3, -0.25) is 43.2 Å². The molecule has 3 aromatic carbocycles. The first-order valence-corrected chi connectivity index (χ1v) is 27.8. The van der Waals surface area contributed by atoms with E-state index in [-0.39, 0.29) is 44.4 Å². The third-order valence-electron chi connectivity index (χ3n) is 13.2. The smallest absolute Gasteiger partial charge is 0.244 e. The van der Waals surface area contributed by atoms with Crippen LogP contribution in [-0.2, 0) is 67.2 Å². The third-order valence-corrected chi connectivity index (χ3v) is 13.6. The molecule has 0 fully saturated rings. The van der Waals surface area contributed by atoms with E-state index in [9.17, 15) is 53.1 Å². The van der Waals surface area contributed by atoms with Crippen molar-refractivity contribution < 1.29 is 58.2 Å². The summed E-state index contributed by atoms with van der Waals surface area (Å²) < 4.78 is 0. The zero-order valence-corrected chi connectivity index (χ0v) is 47.0. The van der Waals surface area contributed by atoms with E-state index in [0.29, 0.717) is 55.2 Å². The average Bonchev–Trinajstić information content (AvgIpc) is 4.00. The Balaban J connectivity index is 1.61. The van der Waals surface area contributed by atoms with Gasteiger partial charge in [0.25, 0.3) is 0 Å². The molecule has 4 aromatic rings. The summed E-state index contributed by atoms with van der Waals surface area (Å²) >= 11 is 4.17. The molecule has 82 heavy (non-hydrogen) atoms. The number of carbonyl (C=O) groups excluding carboxylic acids is 10. The van der Waals surface area contributed by atoms with Crippen LogP contribution in [0.25, 0.3) is 10.9 Å². The highest BCUT2D eigenvalue weighted by atomic mass is 32.1. The maximum absolute atomic E-state index is 14.9. The van der Waals surface area contributed by atoms with Crippen molar-refractivity contribution in [2.45, 2.75) is 132 Å². The average molecular weight is 1160 g/mol. The number of hydrogen-bond donors (Lipinski definition) is 16. The molecule has 0 radical (unpaired) electrons. The maximum Gasteiger partial charge on any atom is 0.244 e. The van der Waals surface area contributed by atoms with Gasteiger partial charge < -0.3 is 85.0 Å². The van der Waals surface area contributed by atoms with Gasteiger partial charge in [-0.15, -0.1) is 0 Å². The van der Waals surface area contributed by atoms with Crippen LogP contribution >= 0.6 is 12.6 Å². The molecular weight excluding hydrogens is 1080 g/mol. The first-order chi connectivity index (χ1) is 39.3. The molecule has 0 saturated heterocycles. The SMILES string of the molecule is C[C@H](NC(=O)[C@H](CCCCN)NC(=O)[C@H](CS)NC(=O)CNC(=O)[C@H](N)CO)C(=O)N[C@@H](Cc1ccccc1)C(=O)N[C@@H](Cc1ccccc1)C(=O)N[C@H](Cc1c[nH]c2ccccc12)C(=O)N[C@@H](CCCCN)C(=O)N[C@H](C=O)[C@@H](C)O. The van der Waals surface area contributed by atoms with Crippen LogP contribution in [0.15, 0.2) is 91.1 Å². The Hall–Kier alpha value is -7.75. The molecule has 446 valence electrons. The minimum atomic E-state index is -1.39. The van der Waals surface area contributed by atoms with E-state index in [1.807, 2.05) is 24.3 Å². The number of fused-ring (bicyclic) bond motifs is 1. The Bertz CT molecular complexity index is 2740. The second kappa shape index (κ2) is 35.2. The zero-order valence-electron chi connectivity index (χ0n) is 46.1. The number of aldehydes is 1. The van der Waals surface area contributed by atoms with E-state index >= 15 is 0 Å². The Morgan fingerprint density at radius 1 is 0.561 bits per heavy atom. The number of para-hydroxylation sites is 1. The summed E-state index contributed by atoms with van der Waals surface area (Å²) in [6.07, 6.45) is 2.43. The maximum atomic E-state index is 14.9. The molecule has 0 aliphatic carbocycles. The van der Waals surface area contributed by atoms with Crippen molar-refractivity contribution in [3.05, 3.63) is 108 Å². The van der Waals surface area contributed by atoms with E-state index in [2.05, 4.69) is 65.5 Å². The van der Waals surface area contributed by atoms with Gasteiger partial charge in [-0.2, -0.15) is 12.6 Å². The molecule has 10 atom stereocenters. The van der Waals surface area contributed by atoms with Crippen molar-refractivity contribution in [1.29, 1.82) is 0 Å². The molecule has 25 nitrogen and oxygen atoms in total. The number of aromatic amines is 1. The predicted molar refractivity (Wildman–Crippen MR) is 309 cm³/mol. The molecule has 0 bridgehead atoms. The standard InChI is InChI=1S/C56H79N13O12S/c1-33(62-51(76)41(21-11-13-23-57)65-56(81)47(32-82)63-48(73)29-61-50(75)39(59)30-70)49(74)66-43(25-35-15-5-3-6-16-35)53(78)67-44(26-36-17-7-4-8-18-36)54(79)68-45(27-37-28-60-40-20-10-9-19-38(37)40)55(80)64-42(22-12-14-24-58)52(77)69-46(31-71)34(2)72/h3-10,15-20,28,31,33-34,39,41-47,60,70,72,82H,11-14,21-27,29-30,32,57-59H2,1-2H3,(H,61,75)(H,62,76)(H,63,73)(H,64,80)(H,65,81)(H,66,74)(H,67,78)(H,68,79)(H,69,77)/t33-,34+,39+,41-,42-,43-,44-,45+,46+,47-/m0/s1. The Labute approximate surface area is 481 Å². The summed E-state index contributed by atoms with van der Waals surface area (Å²) in [5.74, 6) is -7.37. The first-order valence-electron chi connectivity index (χ1n) is 27.2. The fraction of sp³-hybridized carbons (Fsp3) is 0.464. The van der Waals surface area contributed by atoms with Crippen LogP contribution in [0.4, 0.5) is 0 Å². The molecule has 0 aliphatic rings. The van der Waals surface area contributed by atoms with E-state index in [0.717, 1.165) is 10.9 Å². The van der Waals surface area contributed by atoms with Gasteiger partial charge in [0, 0.05) is 42.1 Å². The van der Waals surface area contributed by atoms with Crippen molar-refractivity contribution in [2.24, 2.45) is 17.2 Å². The van der Waals surface area contributed by atoms with Crippen molar-refractivity contribution in [3.63, 3.8) is 0 Å². The number of aromatic nitrogens is 1. The lowest BCUT2D eigenvalue weighted by Gasteiger charge is -2.28. The van der Waals surface area contributed by atoms with Crippen LogP contribution in [-0.4, -0.2) is 167 Å². The first kappa shape index (κ1) is 66.8. The predicted octanol–water partition coefficient (Wildman–Crippen LogP) is -2.70. The monoisotopic (exact) mass is 1160 g/mol. The molecule has 26 heteroatoms. The van der Waals surface area contributed by atoms with E-state index < -0.39 is 127 Å². The molecule has 18 N–H and O–H groups in total. The molecular formula is C56H79N13O12S. The lowest BCUT2D eigenvalue weighted by Crippen LogP contribution is -2.61. The quantitative estimate of drug-likeness (QED) is 0.0125. The molecule has 0 saturated carbocycles. The Kier molecular flexibility index (Phi) is 28.6. The number of H-pyrrole nitrogens is 1. The Morgan fingerprint density at radius 2 is 1.01 bits per heavy atom. The highest BCUT2D eigenvalue weighted by molar-refractivity contribution is 7.80. The molecule has 9 amide bonds. The van der Waals surface area contributed by atoms with Gasteiger partial charge in [0.2, 0.25) is 53.2 Å². The summed E-state index contributed by atoms with van der Waals surface area (Å²) in [4.78, 5) is 139. The number of thiol groups is 1. The van der Waals surface area contributed by atoms with Crippen molar-refractivity contribution in [3.8, 4) is 0 Å². The van der Waals surface area contributed by atoms with Gasteiger partial charge >= 0.3 is 0 Å². The third kappa shape index (κ3) is 22.0. The number of benzene rings is 3. The van der Waals surface area contributed by atoms with Gasteiger partial charge in [-0.1, -0.05) is 78.9 Å². The van der Waals surface area contributed by atoms with Crippen LogP contribution in [0.5, 0.6) is 0 Å². The zero-order chi connectivity index (χ0) is 60.1. The fourth-order valence-electron chi connectivity index (χ4n) is 8.49. The highest BCUT2D eigenvalue weighted by Crippen LogP contribution is 2.20. The largest absolute Gasteiger partial charge is 0.394 e. The van der Waals surface area contributed by atoms with Gasteiger partial charge in [0.1, 0.15) is 60.7 Å². The number of nitrogens with one attached hydrogen (secondary N) is 10. The molecule has 1 aromatic heterocycles. The minimum absolute atomic E-state index is 0.0656. The van der Waals surface area contributed by atoms with Crippen LogP contribution in [0.1, 0.15) is 69.1 Å². The fourth-order valence-corrected chi connectivity index (χ4v) is 8.75. The van der Waals surface area contributed by atoms with Crippen LogP contribution < -0.4 is 65.1 Å². The van der Waals surface area contributed by atoms with Gasteiger partial charge in [0.15, 0.2) is 0 Å². The summed E-state index contributed by atoms with van der Waals surface area (Å²) in [5, 5.41) is 43.4. The number of hydrogen-bond acceptors (Lipinski definition) is 16. The van der Waals surface area contributed by atoms with Crippen LogP contribution in [0.2, 0.25) is 0 Å². The minimum Gasteiger partial charge on any atom is -0.394 e. The summed E-state index contributed by atoms with van der Waals surface area (Å²) in [7, 11) is 0. The van der Waals surface area contributed by atoms with E-state index in [4.69, 9.17) is 22.3 Å². The number of aliphatic hydroxyl groups is 2. The normalized spacial score (nSPS) is 14.8. The van der Waals surface area contributed by atoms with Crippen molar-refractivity contribution >= 4 is 83.0 Å². The second-order valence-electron chi connectivity index (χ2n) is 19.8. The van der Waals surface area contributed by atoms with Crippen LogP contribution in [0, 0.1) is 0 Å². The number of rotatable bonds is 36. The summed E-state index contributed by atoms with van der Waals surface area (Å²) in [6.45, 7) is 2.02. The summed E-state index contributed by atoms with van der Waals surface area (Å²) in [5.41, 5.74) is 19.5. The number of nitrogens with two attached hydrogens (primary N) is 3. The van der Waals surface area contributed by atoms with Crippen molar-refractivity contribution in [1.82, 2.24) is 52.8 Å². The number of carbonyl (C=O) groups is 10. The number of unbranched alkanes of at least 4 members (excludes halogenated alkanes) is 2. The van der Waals surface area contributed by atoms with Gasteiger partial charge in [-0.25, -0.2) is 0 Å². The number of amides is 9. The molecule has 4 rings (SSSR count). The van der Waals surface area contributed by atoms with Crippen LogP contribution in [0.3, 0.4) is 0 Å². The topological polar surface area (TPSA) is 413 Å². The summed E-state index contributed by atoms with van der Waals surface area (Å²) in [6, 6.07) is 12.9. The van der Waals surface area contributed by atoms with Gasteiger partial charge in [-0.05, 0) is 88.2 Å². The lowest BCUT2D eigenvalue weighted by molar-refractivity contribution is -0.135. The molecule has 1 heterocycles. The van der Waals surface area contributed by atoms with Gasteiger partial charge in [0.05, 0.1) is 19.3 Å². The Morgan fingerprint density at radius 3 is 1.50 bits per heavy atom. The van der Waals surface area contributed by atoms with Crippen molar-refractivity contribution in [2.75, 3.05) is 32.0 Å². The molecule has 0 aliphatic heterocycles. The highest BCUT2D eigenvalue weighted by Gasteiger charge is 2.35. The van der Waals surface area contributed by atoms with E-state index in [1.165, 1.54) is 13.8 Å². The molecule has 0 unspecified atom stereocenters. The number of aliphatic hydroxyl groups excluding tert-OH is 2. The molecule has 0 spiro atoms.